The molecule has 0 bridgehead atoms. The molecule has 0 heterocycles. The summed E-state index contributed by atoms with van der Waals surface area (Å²) in [4.78, 5) is 4.53. The first-order valence-electron chi connectivity index (χ1n) is 6.01. The van der Waals surface area contributed by atoms with Gasteiger partial charge in [-0.3, -0.25) is 0 Å². The van der Waals surface area contributed by atoms with Crippen LogP contribution in [-0.4, -0.2) is 31.1 Å². The highest BCUT2D eigenvalue weighted by molar-refractivity contribution is 7.98. The van der Waals surface area contributed by atoms with Crippen LogP contribution in [0.2, 0.25) is 5.02 Å². The lowest BCUT2D eigenvalue weighted by atomic mass is 10.2. The SMILES string of the molecule is CCNC(=NCc1ccc(Cl)cc1)NCCSC. The second-order valence-electron chi connectivity index (χ2n) is 3.74. The molecular weight excluding hydrogens is 266 g/mol. The van der Waals surface area contributed by atoms with Gasteiger partial charge in [-0.15, -0.1) is 0 Å². The van der Waals surface area contributed by atoms with Gasteiger partial charge in [0.1, 0.15) is 0 Å². The molecule has 5 heteroatoms. The van der Waals surface area contributed by atoms with Crippen molar-refractivity contribution in [3.8, 4) is 0 Å². The second kappa shape index (κ2) is 9.11. The van der Waals surface area contributed by atoms with Crippen molar-refractivity contribution in [2.45, 2.75) is 13.5 Å². The first-order chi connectivity index (χ1) is 8.76. The number of aliphatic imine (C=N–C) groups is 1. The van der Waals surface area contributed by atoms with Crippen LogP contribution in [0.25, 0.3) is 0 Å². The molecule has 1 aromatic rings. The van der Waals surface area contributed by atoms with Gasteiger partial charge in [-0.25, -0.2) is 4.99 Å². The Morgan fingerprint density at radius 2 is 2.00 bits per heavy atom. The lowest BCUT2D eigenvalue weighted by Gasteiger charge is -2.10. The second-order valence-corrected chi connectivity index (χ2v) is 5.16. The van der Waals surface area contributed by atoms with E-state index in [2.05, 4.69) is 28.8 Å². The fourth-order valence-electron chi connectivity index (χ4n) is 1.37. The molecule has 0 spiro atoms. The Balaban J connectivity index is 2.50. The van der Waals surface area contributed by atoms with Crippen molar-refractivity contribution in [1.29, 1.82) is 0 Å². The molecule has 0 fully saturated rings. The maximum absolute atomic E-state index is 5.85. The molecule has 18 heavy (non-hydrogen) atoms. The fourth-order valence-corrected chi connectivity index (χ4v) is 1.81. The predicted molar refractivity (Wildman–Crippen MR) is 82.7 cm³/mol. The maximum atomic E-state index is 5.85. The zero-order valence-corrected chi connectivity index (χ0v) is 12.4. The number of benzene rings is 1. The molecule has 0 aromatic heterocycles. The summed E-state index contributed by atoms with van der Waals surface area (Å²) in [7, 11) is 0. The quantitative estimate of drug-likeness (QED) is 0.479. The first kappa shape index (κ1) is 15.2. The average molecular weight is 286 g/mol. The monoisotopic (exact) mass is 285 g/mol. The van der Waals surface area contributed by atoms with Crippen molar-refractivity contribution in [2.24, 2.45) is 4.99 Å². The Morgan fingerprint density at radius 1 is 1.28 bits per heavy atom. The number of guanidine groups is 1. The lowest BCUT2D eigenvalue weighted by molar-refractivity contribution is 0.843. The fraction of sp³-hybridized carbons (Fsp3) is 0.462. The van der Waals surface area contributed by atoms with Crippen molar-refractivity contribution in [2.75, 3.05) is 25.1 Å². The molecular formula is C13H20ClN3S. The first-order valence-corrected chi connectivity index (χ1v) is 7.79. The standard InChI is InChI=1S/C13H20ClN3S/c1-3-15-13(16-8-9-18-2)17-10-11-4-6-12(14)7-5-11/h4-7H,3,8-10H2,1-2H3,(H2,15,16,17). The molecule has 0 aliphatic carbocycles. The summed E-state index contributed by atoms with van der Waals surface area (Å²) in [5.41, 5.74) is 1.15. The molecule has 0 saturated heterocycles. The van der Waals surface area contributed by atoms with E-state index in [9.17, 15) is 0 Å². The van der Waals surface area contributed by atoms with E-state index >= 15 is 0 Å². The van der Waals surface area contributed by atoms with E-state index in [0.29, 0.717) is 6.54 Å². The lowest BCUT2D eigenvalue weighted by Crippen LogP contribution is -2.38. The summed E-state index contributed by atoms with van der Waals surface area (Å²) in [5.74, 6) is 1.94. The number of nitrogens with zero attached hydrogens (tertiary/aromatic N) is 1. The highest BCUT2D eigenvalue weighted by Crippen LogP contribution is 2.09. The van der Waals surface area contributed by atoms with Crippen LogP contribution in [0, 0.1) is 0 Å². The van der Waals surface area contributed by atoms with E-state index in [4.69, 9.17) is 11.6 Å². The van der Waals surface area contributed by atoms with Crippen LogP contribution < -0.4 is 10.6 Å². The topological polar surface area (TPSA) is 36.4 Å². The largest absolute Gasteiger partial charge is 0.357 e. The van der Waals surface area contributed by atoms with Crippen LogP contribution in [0.3, 0.4) is 0 Å². The summed E-state index contributed by atoms with van der Waals surface area (Å²) >= 11 is 7.66. The van der Waals surface area contributed by atoms with Gasteiger partial charge in [0.05, 0.1) is 6.54 Å². The van der Waals surface area contributed by atoms with E-state index in [1.807, 2.05) is 36.0 Å². The normalized spacial score (nSPS) is 11.4. The Bertz CT molecular complexity index is 365. The van der Waals surface area contributed by atoms with Gasteiger partial charge in [-0.1, -0.05) is 23.7 Å². The zero-order chi connectivity index (χ0) is 13.2. The molecule has 0 saturated carbocycles. The Labute approximate surface area is 118 Å². The van der Waals surface area contributed by atoms with Gasteiger partial charge in [0, 0.05) is 23.9 Å². The molecule has 0 radical (unpaired) electrons. The third kappa shape index (κ3) is 6.17. The predicted octanol–water partition coefficient (Wildman–Crippen LogP) is 2.76. The zero-order valence-electron chi connectivity index (χ0n) is 10.9. The maximum Gasteiger partial charge on any atom is 0.191 e. The molecule has 0 atom stereocenters. The van der Waals surface area contributed by atoms with Gasteiger partial charge in [-0.05, 0) is 30.9 Å². The van der Waals surface area contributed by atoms with E-state index in [0.717, 1.165) is 35.4 Å². The smallest absolute Gasteiger partial charge is 0.191 e. The van der Waals surface area contributed by atoms with Crippen LogP contribution in [-0.2, 0) is 6.54 Å². The number of nitrogens with one attached hydrogen (secondary N) is 2. The molecule has 2 N–H and O–H groups in total. The molecule has 0 aliphatic rings. The Kier molecular flexibility index (Phi) is 7.69. The third-order valence-corrected chi connectivity index (χ3v) is 3.14. The van der Waals surface area contributed by atoms with Crippen LogP contribution in [0.4, 0.5) is 0 Å². The van der Waals surface area contributed by atoms with Crippen LogP contribution in [0.1, 0.15) is 12.5 Å². The van der Waals surface area contributed by atoms with Crippen molar-refractivity contribution < 1.29 is 0 Å². The van der Waals surface area contributed by atoms with E-state index in [1.54, 1.807) is 0 Å². The van der Waals surface area contributed by atoms with Crippen molar-refractivity contribution in [1.82, 2.24) is 10.6 Å². The number of rotatable bonds is 6. The minimum Gasteiger partial charge on any atom is -0.357 e. The van der Waals surface area contributed by atoms with Crippen molar-refractivity contribution >= 4 is 29.3 Å². The molecule has 1 aromatic carbocycles. The number of thioether (sulfide) groups is 1. The molecule has 0 unspecified atom stereocenters. The summed E-state index contributed by atoms with van der Waals surface area (Å²) in [5, 5.41) is 7.28. The summed E-state index contributed by atoms with van der Waals surface area (Å²) < 4.78 is 0. The summed E-state index contributed by atoms with van der Waals surface area (Å²) in [6.07, 6.45) is 2.10. The molecule has 0 amide bonds. The number of hydrogen-bond acceptors (Lipinski definition) is 2. The van der Waals surface area contributed by atoms with Gasteiger partial charge < -0.3 is 10.6 Å². The average Bonchev–Trinajstić information content (AvgIpc) is 2.38. The minimum absolute atomic E-state index is 0.659. The highest BCUT2D eigenvalue weighted by atomic mass is 35.5. The molecule has 1 rings (SSSR count). The molecule has 3 nitrogen and oxygen atoms in total. The van der Waals surface area contributed by atoms with Crippen LogP contribution >= 0.6 is 23.4 Å². The van der Waals surface area contributed by atoms with Gasteiger partial charge in [0.25, 0.3) is 0 Å². The van der Waals surface area contributed by atoms with E-state index in [1.165, 1.54) is 0 Å². The van der Waals surface area contributed by atoms with Gasteiger partial charge in [-0.2, -0.15) is 11.8 Å². The van der Waals surface area contributed by atoms with Crippen LogP contribution in [0.15, 0.2) is 29.3 Å². The molecule has 100 valence electrons. The number of hydrogen-bond donors (Lipinski definition) is 2. The van der Waals surface area contributed by atoms with Crippen LogP contribution in [0.5, 0.6) is 0 Å². The van der Waals surface area contributed by atoms with E-state index in [-0.39, 0.29) is 0 Å². The third-order valence-electron chi connectivity index (χ3n) is 2.28. The Hall–Kier alpha value is -0.870. The van der Waals surface area contributed by atoms with Crippen molar-refractivity contribution in [3.05, 3.63) is 34.9 Å². The Morgan fingerprint density at radius 3 is 2.61 bits per heavy atom. The summed E-state index contributed by atoms with van der Waals surface area (Å²) in [6, 6.07) is 7.77. The summed E-state index contributed by atoms with van der Waals surface area (Å²) in [6.45, 7) is 4.51. The van der Waals surface area contributed by atoms with Gasteiger partial charge in [0.2, 0.25) is 0 Å². The minimum atomic E-state index is 0.659. The number of halogens is 1. The van der Waals surface area contributed by atoms with E-state index < -0.39 is 0 Å². The van der Waals surface area contributed by atoms with Crippen molar-refractivity contribution in [3.63, 3.8) is 0 Å². The molecule has 0 aliphatic heterocycles. The highest BCUT2D eigenvalue weighted by Gasteiger charge is 1.97. The van der Waals surface area contributed by atoms with Gasteiger partial charge in [0.15, 0.2) is 5.96 Å². The van der Waals surface area contributed by atoms with Gasteiger partial charge >= 0.3 is 0 Å².